The third-order valence-corrected chi connectivity index (χ3v) is 5.42. The van der Waals surface area contributed by atoms with Crippen LogP contribution in [0.25, 0.3) is 10.6 Å². The van der Waals surface area contributed by atoms with E-state index in [-0.39, 0.29) is 5.91 Å². The molecule has 5 heteroatoms. The van der Waals surface area contributed by atoms with Crippen molar-refractivity contribution in [3.63, 3.8) is 0 Å². The average molecular weight is 388 g/mol. The number of hydrogen-bond acceptors (Lipinski definition) is 3. The van der Waals surface area contributed by atoms with Crippen LogP contribution in [-0.4, -0.2) is 15.5 Å². The van der Waals surface area contributed by atoms with Crippen molar-refractivity contribution in [1.82, 2.24) is 9.55 Å². The Balaban J connectivity index is 1.54. The third kappa shape index (κ3) is 4.05. The maximum absolute atomic E-state index is 12.8. The molecule has 0 unspecified atom stereocenters. The summed E-state index contributed by atoms with van der Waals surface area (Å²) >= 11 is 1.62. The molecule has 2 aromatic carbocycles. The summed E-state index contributed by atoms with van der Waals surface area (Å²) in [5, 5.41) is 6.02. The Hall–Kier alpha value is -3.18. The Bertz CT molecular complexity index is 1090. The van der Waals surface area contributed by atoms with Crippen LogP contribution < -0.4 is 5.32 Å². The minimum atomic E-state index is -0.115. The van der Waals surface area contributed by atoms with Crippen molar-refractivity contribution in [1.29, 1.82) is 0 Å². The molecule has 0 atom stereocenters. The molecule has 4 rings (SSSR count). The number of nitrogens with zero attached hydrogens (tertiary/aromatic N) is 2. The highest BCUT2D eigenvalue weighted by Gasteiger charge is 2.14. The molecule has 2 aromatic heterocycles. The number of benzene rings is 2. The third-order valence-electron chi connectivity index (χ3n) is 4.48. The molecule has 140 valence electrons. The average Bonchev–Trinajstić information content (AvgIpc) is 3.31. The van der Waals surface area contributed by atoms with Gasteiger partial charge in [-0.1, -0.05) is 48.0 Å². The highest BCUT2D eigenvalue weighted by Crippen LogP contribution is 2.24. The molecule has 0 spiro atoms. The Morgan fingerprint density at radius 2 is 1.79 bits per heavy atom. The fraction of sp³-hybridized carbons (Fsp3) is 0.130. The summed E-state index contributed by atoms with van der Waals surface area (Å²) in [5.74, 6) is -0.115. The summed E-state index contributed by atoms with van der Waals surface area (Å²) in [7, 11) is 0. The number of anilines is 1. The second kappa shape index (κ2) is 7.82. The number of carbonyl (C=O) groups is 1. The molecule has 2 heterocycles. The van der Waals surface area contributed by atoms with Gasteiger partial charge >= 0.3 is 0 Å². The molecule has 0 saturated carbocycles. The first kappa shape index (κ1) is 18.2. The smallest absolute Gasteiger partial charge is 0.272 e. The largest absolute Gasteiger partial charge is 0.337 e. The lowest BCUT2D eigenvalue weighted by Gasteiger charge is -2.09. The molecular weight excluding hydrogens is 366 g/mol. The Kier molecular flexibility index (Phi) is 5.08. The van der Waals surface area contributed by atoms with Crippen LogP contribution in [0.2, 0.25) is 0 Å². The zero-order valence-corrected chi connectivity index (χ0v) is 16.7. The van der Waals surface area contributed by atoms with Gasteiger partial charge in [0, 0.05) is 22.8 Å². The molecule has 0 aliphatic rings. The number of nitrogens with one attached hydrogen (secondary N) is 1. The van der Waals surface area contributed by atoms with Crippen LogP contribution in [0, 0.1) is 13.8 Å². The van der Waals surface area contributed by atoms with Crippen molar-refractivity contribution in [3.05, 3.63) is 94.8 Å². The van der Waals surface area contributed by atoms with E-state index in [1.807, 2.05) is 73.1 Å². The van der Waals surface area contributed by atoms with Gasteiger partial charge in [-0.2, -0.15) is 0 Å². The predicted octanol–water partition coefficient (Wildman–Crippen LogP) is 5.53. The molecule has 0 saturated heterocycles. The van der Waals surface area contributed by atoms with Crippen molar-refractivity contribution >= 4 is 22.9 Å². The van der Waals surface area contributed by atoms with Crippen LogP contribution >= 0.6 is 11.3 Å². The molecule has 1 amide bonds. The van der Waals surface area contributed by atoms with Gasteiger partial charge in [0.05, 0.1) is 12.2 Å². The zero-order valence-electron chi connectivity index (χ0n) is 15.8. The van der Waals surface area contributed by atoms with Gasteiger partial charge in [-0.05, 0) is 37.6 Å². The Labute approximate surface area is 168 Å². The predicted molar refractivity (Wildman–Crippen MR) is 115 cm³/mol. The van der Waals surface area contributed by atoms with E-state index in [4.69, 9.17) is 4.98 Å². The van der Waals surface area contributed by atoms with Gasteiger partial charge in [-0.15, -0.1) is 11.3 Å². The van der Waals surface area contributed by atoms with Gasteiger partial charge in [0.15, 0.2) is 0 Å². The van der Waals surface area contributed by atoms with Crippen LogP contribution in [0.3, 0.4) is 0 Å². The molecule has 0 fully saturated rings. The van der Waals surface area contributed by atoms with E-state index < -0.39 is 0 Å². The van der Waals surface area contributed by atoms with Gasteiger partial charge in [0.2, 0.25) is 0 Å². The van der Waals surface area contributed by atoms with Crippen LogP contribution in [0.15, 0.2) is 72.2 Å². The SMILES string of the molecule is Cc1ccc(NC(=O)c2cc(C)cn2Cc2csc(-c3ccccc3)n2)cc1. The number of aromatic nitrogens is 2. The lowest BCUT2D eigenvalue weighted by atomic mass is 10.2. The molecule has 0 aliphatic carbocycles. The summed E-state index contributed by atoms with van der Waals surface area (Å²) in [6.07, 6.45) is 1.99. The minimum Gasteiger partial charge on any atom is -0.337 e. The molecule has 0 aliphatic heterocycles. The molecule has 0 radical (unpaired) electrons. The van der Waals surface area contributed by atoms with Crippen LogP contribution in [0.5, 0.6) is 0 Å². The Morgan fingerprint density at radius 1 is 1.04 bits per heavy atom. The molecule has 28 heavy (non-hydrogen) atoms. The summed E-state index contributed by atoms with van der Waals surface area (Å²) in [6.45, 7) is 4.58. The number of thiazole rings is 1. The molecular formula is C23H21N3OS. The van der Waals surface area contributed by atoms with Gasteiger partial charge in [0.1, 0.15) is 10.7 Å². The van der Waals surface area contributed by atoms with Gasteiger partial charge in [0.25, 0.3) is 5.91 Å². The quantitative estimate of drug-likeness (QED) is 0.489. The van der Waals surface area contributed by atoms with Crippen LogP contribution in [-0.2, 0) is 6.54 Å². The first-order valence-electron chi connectivity index (χ1n) is 9.13. The maximum Gasteiger partial charge on any atom is 0.272 e. The van der Waals surface area contributed by atoms with E-state index in [9.17, 15) is 4.79 Å². The second-order valence-corrected chi connectivity index (χ2v) is 7.72. The van der Waals surface area contributed by atoms with Crippen LogP contribution in [0.1, 0.15) is 27.3 Å². The van der Waals surface area contributed by atoms with E-state index in [0.29, 0.717) is 12.2 Å². The molecule has 4 nitrogen and oxygen atoms in total. The normalized spacial score (nSPS) is 10.8. The lowest BCUT2D eigenvalue weighted by Crippen LogP contribution is -2.17. The van der Waals surface area contributed by atoms with E-state index in [2.05, 4.69) is 22.8 Å². The van der Waals surface area contributed by atoms with E-state index in [1.54, 1.807) is 11.3 Å². The lowest BCUT2D eigenvalue weighted by molar-refractivity contribution is 0.101. The topological polar surface area (TPSA) is 46.9 Å². The fourth-order valence-corrected chi connectivity index (χ4v) is 3.89. The van der Waals surface area contributed by atoms with Crippen molar-refractivity contribution in [2.45, 2.75) is 20.4 Å². The monoisotopic (exact) mass is 387 g/mol. The second-order valence-electron chi connectivity index (χ2n) is 6.86. The summed E-state index contributed by atoms with van der Waals surface area (Å²) < 4.78 is 1.96. The molecule has 1 N–H and O–H groups in total. The van der Waals surface area contributed by atoms with Crippen molar-refractivity contribution in [2.75, 3.05) is 5.32 Å². The highest BCUT2D eigenvalue weighted by molar-refractivity contribution is 7.13. The van der Waals surface area contributed by atoms with E-state index in [0.717, 1.165) is 33.1 Å². The fourth-order valence-electron chi connectivity index (χ4n) is 3.08. The summed E-state index contributed by atoms with van der Waals surface area (Å²) in [4.78, 5) is 17.5. The zero-order chi connectivity index (χ0) is 19.5. The number of aryl methyl sites for hydroxylation is 2. The molecule has 4 aromatic rings. The summed E-state index contributed by atoms with van der Waals surface area (Å²) in [6, 6.07) is 19.9. The first-order chi connectivity index (χ1) is 13.6. The first-order valence-corrected chi connectivity index (χ1v) is 10.0. The van der Waals surface area contributed by atoms with Gasteiger partial charge < -0.3 is 9.88 Å². The van der Waals surface area contributed by atoms with Gasteiger partial charge in [-0.3, -0.25) is 4.79 Å². The van der Waals surface area contributed by atoms with Gasteiger partial charge in [-0.25, -0.2) is 4.98 Å². The number of carbonyl (C=O) groups excluding carboxylic acids is 1. The standard InChI is InChI=1S/C23H21N3OS/c1-16-8-10-19(11-9-16)24-22(27)21-12-17(2)13-26(21)14-20-15-28-23(25-20)18-6-4-3-5-7-18/h3-13,15H,14H2,1-2H3,(H,24,27). The Morgan fingerprint density at radius 3 is 2.54 bits per heavy atom. The van der Waals surface area contributed by atoms with E-state index >= 15 is 0 Å². The number of rotatable bonds is 5. The highest BCUT2D eigenvalue weighted by atomic mass is 32.1. The van der Waals surface area contributed by atoms with Crippen molar-refractivity contribution in [3.8, 4) is 10.6 Å². The number of amides is 1. The summed E-state index contributed by atoms with van der Waals surface area (Å²) in [5.41, 5.74) is 5.69. The minimum absolute atomic E-state index is 0.115. The van der Waals surface area contributed by atoms with E-state index in [1.165, 1.54) is 0 Å². The van der Waals surface area contributed by atoms with Crippen molar-refractivity contribution < 1.29 is 4.79 Å². The van der Waals surface area contributed by atoms with Crippen LogP contribution in [0.4, 0.5) is 5.69 Å². The maximum atomic E-state index is 12.8. The molecule has 0 bridgehead atoms. The van der Waals surface area contributed by atoms with Crippen molar-refractivity contribution in [2.24, 2.45) is 0 Å². The number of hydrogen-bond donors (Lipinski definition) is 1.